The zero-order valence-electron chi connectivity index (χ0n) is 12.2. The quantitative estimate of drug-likeness (QED) is 0.854. The third-order valence-corrected chi connectivity index (χ3v) is 3.48. The first kappa shape index (κ1) is 14.1. The lowest BCUT2D eigenvalue weighted by molar-refractivity contribution is 0.397. The lowest BCUT2D eigenvalue weighted by atomic mass is 10.1. The summed E-state index contributed by atoms with van der Waals surface area (Å²) in [5.74, 6) is 1.33. The zero-order valence-corrected chi connectivity index (χ0v) is 12.2. The second kappa shape index (κ2) is 6.75. The number of aromatic nitrogens is 1. The number of nitrogens with zero attached hydrogens (tertiary/aromatic N) is 2. The fraction of sp³-hybridized carbons (Fsp3) is 0.667. The molecule has 1 N–H and O–H groups in total. The standard InChI is InChI=1S/C15H25N3O/c1-12(2)10-18(11-13-5-4-7-16-13)14-6-8-17-15(9-14)19-3/h6,8-9,12-13,16H,4-5,7,10-11H2,1-3H3. The average molecular weight is 263 g/mol. The molecular formula is C15H25N3O. The second-order valence-corrected chi connectivity index (χ2v) is 5.65. The molecule has 0 bridgehead atoms. The first-order chi connectivity index (χ1) is 9.19. The van der Waals surface area contributed by atoms with Crippen LogP contribution in [0.1, 0.15) is 26.7 Å². The number of ether oxygens (including phenoxy) is 1. The Morgan fingerprint density at radius 1 is 1.53 bits per heavy atom. The topological polar surface area (TPSA) is 37.4 Å². The molecule has 106 valence electrons. The SMILES string of the molecule is COc1cc(N(CC(C)C)CC2CCCN2)ccn1. The van der Waals surface area contributed by atoms with Crippen LogP contribution in [0.15, 0.2) is 18.3 Å². The molecule has 0 spiro atoms. The summed E-state index contributed by atoms with van der Waals surface area (Å²) < 4.78 is 5.23. The van der Waals surface area contributed by atoms with Crippen molar-refractivity contribution in [1.29, 1.82) is 0 Å². The molecule has 2 rings (SSSR count). The maximum atomic E-state index is 5.23. The lowest BCUT2D eigenvalue weighted by Gasteiger charge is -2.29. The smallest absolute Gasteiger partial charge is 0.214 e. The Morgan fingerprint density at radius 2 is 2.37 bits per heavy atom. The van der Waals surface area contributed by atoms with Crippen LogP contribution in [-0.2, 0) is 0 Å². The second-order valence-electron chi connectivity index (χ2n) is 5.65. The molecule has 0 saturated carbocycles. The normalized spacial score (nSPS) is 18.8. The van der Waals surface area contributed by atoms with Crippen molar-refractivity contribution in [2.24, 2.45) is 5.92 Å². The van der Waals surface area contributed by atoms with E-state index in [1.807, 2.05) is 12.3 Å². The van der Waals surface area contributed by atoms with E-state index in [0.717, 1.165) is 19.6 Å². The van der Waals surface area contributed by atoms with Gasteiger partial charge in [0.05, 0.1) is 7.11 Å². The molecule has 4 nitrogen and oxygen atoms in total. The third-order valence-electron chi connectivity index (χ3n) is 3.48. The first-order valence-corrected chi connectivity index (χ1v) is 7.17. The summed E-state index contributed by atoms with van der Waals surface area (Å²) in [6, 6.07) is 4.70. The summed E-state index contributed by atoms with van der Waals surface area (Å²) in [4.78, 5) is 6.63. The molecule has 0 amide bonds. The van der Waals surface area contributed by atoms with Crippen LogP contribution >= 0.6 is 0 Å². The minimum Gasteiger partial charge on any atom is -0.481 e. The van der Waals surface area contributed by atoms with Crippen LogP contribution in [-0.4, -0.2) is 37.8 Å². The van der Waals surface area contributed by atoms with Gasteiger partial charge in [0, 0.05) is 37.1 Å². The van der Waals surface area contributed by atoms with Crippen LogP contribution in [0, 0.1) is 5.92 Å². The molecule has 1 saturated heterocycles. The summed E-state index contributed by atoms with van der Waals surface area (Å²) in [7, 11) is 1.66. The molecule has 0 aromatic carbocycles. The van der Waals surface area contributed by atoms with Crippen LogP contribution in [0.2, 0.25) is 0 Å². The van der Waals surface area contributed by atoms with E-state index in [1.54, 1.807) is 7.11 Å². The van der Waals surface area contributed by atoms with Crippen LogP contribution < -0.4 is 15.0 Å². The maximum absolute atomic E-state index is 5.23. The van der Waals surface area contributed by atoms with Crippen LogP contribution in [0.25, 0.3) is 0 Å². The lowest BCUT2D eigenvalue weighted by Crippen LogP contribution is -2.39. The summed E-state index contributed by atoms with van der Waals surface area (Å²) in [5.41, 5.74) is 1.20. The van der Waals surface area contributed by atoms with Gasteiger partial charge in [-0.1, -0.05) is 13.8 Å². The van der Waals surface area contributed by atoms with Crippen molar-refractivity contribution in [3.05, 3.63) is 18.3 Å². The fourth-order valence-corrected chi connectivity index (χ4v) is 2.61. The van der Waals surface area contributed by atoms with Gasteiger partial charge in [-0.25, -0.2) is 4.98 Å². The average Bonchev–Trinajstić information content (AvgIpc) is 2.90. The number of nitrogens with one attached hydrogen (secondary N) is 1. The molecule has 1 fully saturated rings. The van der Waals surface area contributed by atoms with Crippen molar-refractivity contribution >= 4 is 5.69 Å². The molecular weight excluding hydrogens is 238 g/mol. The Balaban J connectivity index is 2.10. The number of rotatable bonds is 6. The molecule has 1 aromatic heterocycles. The van der Waals surface area contributed by atoms with Gasteiger partial charge >= 0.3 is 0 Å². The molecule has 0 aliphatic carbocycles. The largest absolute Gasteiger partial charge is 0.481 e. The van der Waals surface area contributed by atoms with Crippen LogP contribution in [0.3, 0.4) is 0 Å². The molecule has 2 heterocycles. The molecule has 1 aliphatic rings. The molecule has 4 heteroatoms. The Morgan fingerprint density at radius 3 is 3.00 bits per heavy atom. The maximum Gasteiger partial charge on any atom is 0.214 e. The predicted molar refractivity (Wildman–Crippen MR) is 78.9 cm³/mol. The van der Waals surface area contributed by atoms with Crippen LogP contribution in [0.5, 0.6) is 5.88 Å². The number of methoxy groups -OCH3 is 1. The Hall–Kier alpha value is -1.29. The number of pyridine rings is 1. The van der Waals surface area contributed by atoms with Gasteiger partial charge in [0.2, 0.25) is 5.88 Å². The highest BCUT2D eigenvalue weighted by molar-refractivity contribution is 5.48. The van der Waals surface area contributed by atoms with Crippen molar-refractivity contribution in [3.63, 3.8) is 0 Å². The minimum absolute atomic E-state index is 0.609. The minimum atomic E-state index is 0.609. The van der Waals surface area contributed by atoms with Crippen molar-refractivity contribution in [2.45, 2.75) is 32.7 Å². The molecule has 1 aliphatic heterocycles. The predicted octanol–water partition coefficient (Wildman–Crippen LogP) is 2.30. The Kier molecular flexibility index (Phi) is 5.02. The summed E-state index contributed by atoms with van der Waals surface area (Å²) in [5, 5.41) is 3.57. The Bertz CT molecular complexity index is 389. The van der Waals surface area contributed by atoms with Gasteiger partial charge in [0.25, 0.3) is 0 Å². The van der Waals surface area contributed by atoms with Gasteiger partial charge in [-0.2, -0.15) is 0 Å². The summed E-state index contributed by atoms with van der Waals surface area (Å²) in [6.45, 7) is 7.79. The summed E-state index contributed by atoms with van der Waals surface area (Å²) >= 11 is 0. The molecule has 1 atom stereocenters. The highest BCUT2D eigenvalue weighted by atomic mass is 16.5. The molecule has 1 aromatic rings. The number of hydrogen-bond donors (Lipinski definition) is 1. The highest BCUT2D eigenvalue weighted by Gasteiger charge is 2.19. The van der Waals surface area contributed by atoms with Gasteiger partial charge in [-0.05, 0) is 31.4 Å². The van der Waals surface area contributed by atoms with Crippen molar-refractivity contribution in [1.82, 2.24) is 10.3 Å². The van der Waals surface area contributed by atoms with E-state index in [4.69, 9.17) is 4.74 Å². The fourth-order valence-electron chi connectivity index (χ4n) is 2.61. The van der Waals surface area contributed by atoms with Gasteiger partial charge in [-0.3, -0.25) is 0 Å². The monoisotopic (exact) mass is 263 g/mol. The van der Waals surface area contributed by atoms with Gasteiger partial charge in [0.15, 0.2) is 0 Å². The molecule has 19 heavy (non-hydrogen) atoms. The van der Waals surface area contributed by atoms with E-state index in [9.17, 15) is 0 Å². The van der Waals surface area contributed by atoms with E-state index >= 15 is 0 Å². The Labute approximate surface area is 116 Å². The van der Waals surface area contributed by atoms with E-state index in [2.05, 4.69) is 35.1 Å². The highest BCUT2D eigenvalue weighted by Crippen LogP contribution is 2.21. The molecule has 1 unspecified atom stereocenters. The van der Waals surface area contributed by atoms with E-state index in [0.29, 0.717) is 17.8 Å². The van der Waals surface area contributed by atoms with E-state index < -0.39 is 0 Å². The zero-order chi connectivity index (χ0) is 13.7. The first-order valence-electron chi connectivity index (χ1n) is 7.17. The van der Waals surface area contributed by atoms with Gasteiger partial charge in [-0.15, -0.1) is 0 Å². The number of anilines is 1. The van der Waals surface area contributed by atoms with Crippen LogP contribution in [0.4, 0.5) is 5.69 Å². The van der Waals surface area contributed by atoms with E-state index in [1.165, 1.54) is 18.5 Å². The van der Waals surface area contributed by atoms with Crippen molar-refractivity contribution in [2.75, 3.05) is 31.6 Å². The number of hydrogen-bond acceptors (Lipinski definition) is 4. The van der Waals surface area contributed by atoms with Crippen molar-refractivity contribution < 1.29 is 4.74 Å². The molecule has 0 radical (unpaired) electrons. The van der Waals surface area contributed by atoms with Gasteiger partial charge < -0.3 is 15.0 Å². The van der Waals surface area contributed by atoms with E-state index in [-0.39, 0.29) is 0 Å². The summed E-state index contributed by atoms with van der Waals surface area (Å²) in [6.07, 6.45) is 4.39. The third kappa shape index (κ3) is 4.10. The van der Waals surface area contributed by atoms with Crippen molar-refractivity contribution in [3.8, 4) is 5.88 Å². The van der Waals surface area contributed by atoms with Gasteiger partial charge in [0.1, 0.15) is 0 Å².